The molecule has 1 aliphatic rings. The minimum absolute atomic E-state index is 0.0312. The molecule has 8 nitrogen and oxygen atoms in total. The van der Waals surface area contributed by atoms with Crippen LogP contribution in [0.5, 0.6) is 0 Å². The first kappa shape index (κ1) is 22.2. The molecule has 1 unspecified atom stereocenters. The molecule has 176 valence electrons. The Kier molecular flexibility index (Phi) is 6.31. The van der Waals surface area contributed by atoms with Gasteiger partial charge in [-0.3, -0.25) is 9.89 Å². The third kappa shape index (κ3) is 4.68. The number of fused-ring (bicyclic) bond motifs is 1. The van der Waals surface area contributed by atoms with E-state index in [1.165, 1.54) is 0 Å². The number of hydrogen-bond acceptors (Lipinski definition) is 5. The van der Waals surface area contributed by atoms with E-state index in [1.54, 1.807) is 0 Å². The van der Waals surface area contributed by atoms with Gasteiger partial charge in [0.05, 0.1) is 17.3 Å². The van der Waals surface area contributed by atoms with E-state index in [0.29, 0.717) is 24.7 Å². The summed E-state index contributed by atoms with van der Waals surface area (Å²) in [5.74, 6) is 1.90. The Hall–Kier alpha value is -3.65. The number of aromatic nitrogens is 4. The molecule has 1 amide bonds. The summed E-state index contributed by atoms with van der Waals surface area (Å²) in [7, 11) is 0. The maximum Gasteiger partial charge on any atom is 0.223 e. The van der Waals surface area contributed by atoms with Crippen molar-refractivity contribution in [3.05, 3.63) is 66.1 Å². The Morgan fingerprint density at radius 2 is 1.91 bits per heavy atom. The second-order valence-electron chi connectivity index (χ2n) is 9.24. The maximum atomic E-state index is 13.2. The lowest BCUT2D eigenvalue weighted by Crippen LogP contribution is -2.37. The highest BCUT2D eigenvalue weighted by Gasteiger charge is 2.28. The molecule has 2 aromatic heterocycles. The molecule has 0 saturated heterocycles. The number of nitrogen functional groups attached to an aromatic ring is 1. The molecular formula is C26H31N7O. The second kappa shape index (κ2) is 9.69. The molecule has 0 aliphatic heterocycles. The van der Waals surface area contributed by atoms with Crippen LogP contribution in [-0.2, 0) is 11.2 Å². The molecule has 0 radical (unpaired) electrons. The largest absolute Gasteiger partial charge is 0.382 e. The van der Waals surface area contributed by atoms with E-state index in [4.69, 9.17) is 16.5 Å². The lowest BCUT2D eigenvalue weighted by atomic mass is 9.81. The number of rotatable bonds is 7. The van der Waals surface area contributed by atoms with Crippen molar-refractivity contribution in [1.29, 1.82) is 0 Å². The van der Waals surface area contributed by atoms with Crippen LogP contribution in [0.4, 0.5) is 5.82 Å². The van der Waals surface area contributed by atoms with Gasteiger partial charge < -0.3 is 21.8 Å². The highest BCUT2D eigenvalue weighted by atomic mass is 16.1. The van der Waals surface area contributed by atoms with Gasteiger partial charge in [0.25, 0.3) is 0 Å². The van der Waals surface area contributed by atoms with Crippen LogP contribution in [0.1, 0.15) is 43.1 Å². The fraction of sp³-hybridized carbons (Fsp3) is 0.346. The van der Waals surface area contributed by atoms with Crippen LogP contribution in [0, 0.1) is 11.8 Å². The zero-order valence-electron chi connectivity index (χ0n) is 19.1. The van der Waals surface area contributed by atoms with Gasteiger partial charge in [-0.05, 0) is 62.3 Å². The summed E-state index contributed by atoms with van der Waals surface area (Å²) < 4.78 is 0. The Morgan fingerprint density at radius 3 is 2.68 bits per heavy atom. The van der Waals surface area contributed by atoms with Gasteiger partial charge in [-0.25, -0.2) is 4.98 Å². The molecule has 34 heavy (non-hydrogen) atoms. The van der Waals surface area contributed by atoms with Crippen molar-refractivity contribution in [3.63, 3.8) is 0 Å². The van der Waals surface area contributed by atoms with E-state index in [0.717, 1.165) is 59.2 Å². The number of nitrogens with zero attached hydrogens (tertiary/aromatic N) is 2. The topological polar surface area (TPSA) is 138 Å². The van der Waals surface area contributed by atoms with Crippen molar-refractivity contribution in [2.24, 2.45) is 17.6 Å². The summed E-state index contributed by atoms with van der Waals surface area (Å²) in [6, 6.07) is 15.8. The standard InChI is InChI=1S/C26H31N7O/c27-14-17-6-8-18(9-7-17)26(34)31-22(12-16-4-2-1-3-5-16)25-29-15-23(30-25)19-10-11-20-21(13-19)32-33-24(20)28/h1-5,10-11,13,15,17-18,22H,6-9,12,14,27H2,(H,29,30)(H,31,34)(H3,28,32,33)/t17-,18-,22?. The van der Waals surface area contributed by atoms with E-state index in [-0.39, 0.29) is 17.9 Å². The van der Waals surface area contributed by atoms with Crippen LogP contribution in [0.15, 0.2) is 54.7 Å². The van der Waals surface area contributed by atoms with Gasteiger partial charge in [-0.15, -0.1) is 0 Å². The van der Waals surface area contributed by atoms with Gasteiger partial charge in [0.15, 0.2) is 5.82 Å². The first-order valence-corrected chi connectivity index (χ1v) is 11.9. The van der Waals surface area contributed by atoms with Crippen LogP contribution in [0.25, 0.3) is 22.2 Å². The monoisotopic (exact) mass is 457 g/mol. The van der Waals surface area contributed by atoms with Crippen molar-refractivity contribution < 1.29 is 4.79 Å². The van der Waals surface area contributed by atoms with Crippen LogP contribution in [0.2, 0.25) is 0 Å². The zero-order valence-corrected chi connectivity index (χ0v) is 19.1. The van der Waals surface area contributed by atoms with E-state index in [9.17, 15) is 4.79 Å². The number of H-pyrrole nitrogens is 2. The summed E-state index contributed by atoms with van der Waals surface area (Å²) in [6.07, 6.45) is 6.36. The fourth-order valence-electron chi connectivity index (χ4n) is 4.88. The summed E-state index contributed by atoms with van der Waals surface area (Å²) in [5.41, 5.74) is 15.5. The van der Waals surface area contributed by atoms with Gasteiger partial charge in [0.2, 0.25) is 5.91 Å². The number of anilines is 1. The van der Waals surface area contributed by atoms with Crippen molar-refractivity contribution in [2.45, 2.75) is 38.1 Å². The number of aromatic amines is 2. The van der Waals surface area contributed by atoms with E-state index < -0.39 is 0 Å². The van der Waals surface area contributed by atoms with Gasteiger partial charge in [-0.2, -0.15) is 5.10 Å². The molecule has 0 bridgehead atoms. The number of amides is 1. The number of carbonyl (C=O) groups is 1. The van der Waals surface area contributed by atoms with Crippen LogP contribution in [-0.4, -0.2) is 32.6 Å². The quantitative estimate of drug-likeness (QED) is 0.288. The normalized spacial score (nSPS) is 19.2. The molecule has 2 aromatic carbocycles. The number of nitrogens with two attached hydrogens (primary N) is 2. The molecule has 1 atom stereocenters. The third-order valence-corrected chi connectivity index (χ3v) is 6.97. The predicted octanol–water partition coefficient (Wildman–Crippen LogP) is 3.70. The molecule has 4 aromatic rings. The fourth-order valence-corrected chi connectivity index (χ4v) is 4.88. The summed E-state index contributed by atoms with van der Waals surface area (Å²) >= 11 is 0. The summed E-state index contributed by atoms with van der Waals surface area (Å²) in [6.45, 7) is 0.705. The van der Waals surface area contributed by atoms with Crippen molar-refractivity contribution >= 4 is 22.6 Å². The highest BCUT2D eigenvalue weighted by Crippen LogP contribution is 2.30. The van der Waals surface area contributed by atoms with Gasteiger partial charge >= 0.3 is 0 Å². The molecule has 2 heterocycles. The number of carbonyl (C=O) groups excluding carboxylic acids is 1. The third-order valence-electron chi connectivity index (χ3n) is 6.97. The zero-order chi connectivity index (χ0) is 23.5. The number of hydrogen-bond donors (Lipinski definition) is 5. The first-order valence-electron chi connectivity index (χ1n) is 11.9. The van der Waals surface area contributed by atoms with Crippen molar-refractivity contribution in [3.8, 4) is 11.3 Å². The van der Waals surface area contributed by atoms with Crippen LogP contribution >= 0.6 is 0 Å². The van der Waals surface area contributed by atoms with Crippen molar-refractivity contribution in [1.82, 2.24) is 25.5 Å². The highest BCUT2D eigenvalue weighted by molar-refractivity contribution is 5.91. The molecule has 1 aliphatic carbocycles. The molecule has 1 fully saturated rings. The summed E-state index contributed by atoms with van der Waals surface area (Å²) in [4.78, 5) is 21.4. The second-order valence-corrected chi connectivity index (χ2v) is 9.24. The number of imidazole rings is 1. The Bertz CT molecular complexity index is 1250. The number of nitrogens with one attached hydrogen (secondary N) is 3. The smallest absolute Gasteiger partial charge is 0.223 e. The lowest BCUT2D eigenvalue weighted by Gasteiger charge is -2.28. The lowest BCUT2D eigenvalue weighted by molar-refractivity contribution is -0.127. The van der Waals surface area contributed by atoms with E-state index >= 15 is 0 Å². The SMILES string of the molecule is NC[C@H]1CC[C@H](C(=O)NC(Cc2ccccc2)c2nc(-c3ccc4c(N)n[nH]c4c3)c[nH]2)CC1. The molecular weight excluding hydrogens is 426 g/mol. The average molecular weight is 458 g/mol. The molecule has 0 spiro atoms. The molecule has 8 heteroatoms. The van der Waals surface area contributed by atoms with Crippen LogP contribution in [0.3, 0.4) is 0 Å². The summed E-state index contributed by atoms with van der Waals surface area (Å²) in [5, 5.41) is 11.2. The van der Waals surface area contributed by atoms with Crippen molar-refractivity contribution in [2.75, 3.05) is 12.3 Å². The minimum atomic E-state index is -0.248. The first-order chi connectivity index (χ1) is 16.6. The maximum absolute atomic E-state index is 13.2. The molecule has 7 N–H and O–H groups in total. The van der Waals surface area contributed by atoms with E-state index in [1.807, 2.05) is 42.6 Å². The Morgan fingerprint density at radius 1 is 1.12 bits per heavy atom. The van der Waals surface area contributed by atoms with Gasteiger partial charge in [0.1, 0.15) is 5.82 Å². The van der Waals surface area contributed by atoms with E-state index in [2.05, 4.69) is 32.6 Å². The molecule has 1 saturated carbocycles. The molecule has 5 rings (SSSR count). The predicted molar refractivity (Wildman–Crippen MR) is 134 cm³/mol. The van der Waals surface area contributed by atoms with Crippen LogP contribution < -0.4 is 16.8 Å². The van der Waals surface area contributed by atoms with Gasteiger partial charge in [0, 0.05) is 23.1 Å². The minimum Gasteiger partial charge on any atom is -0.382 e. The Balaban J connectivity index is 1.37. The Labute approximate surface area is 198 Å². The van der Waals surface area contributed by atoms with Gasteiger partial charge in [-0.1, -0.05) is 36.4 Å². The average Bonchev–Trinajstić information content (AvgIpc) is 3.51. The number of benzene rings is 2.